The molecule has 2 nitrogen and oxygen atoms in total. The average molecular weight is 329 g/mol. The molecule has 0 spiro atoms. The first-order valence-electron chi connectivity index (χ1n) is 5.77. The zero-order valence-electron chi connectivity index (χ0n) is 10.3. The lowest BCUT2D eigenvalue weighted by Gasteiger charge is -2.16. The van der Waals surface area contributed by atoms with Gasteiger partial charge in [-0.2, -0.15) is 0 Å². The molecule has 0 radical (unpaired) electrons. The van der Waals surface area contributed by atoms with E-state index in [0.717, 1.165) is 27.2 Å². The summed E-state index contributed by atoms with van der Waals surface area (Å²) in [5.41, 5.74) is 2.30. The summed E-state index contributed by atoms with van der Waals surface area (Å²) in [7, 11) is 1.95. The Kier molecular flexibility index (Phi) is 4.49. The minimum absolute atomic E-state index is 0.211. The van der Waals surface area contributed by atoms with Gasteiger partial charge in [0.05, 0.1) is 6.26 Å². The normalized spacial score (nSPS) is 12.7. The molecule has 0 aliphatic carbocycles. The molecule has 0 fully saturated rings. The Morgan fingerprint density at radius 2 is 2.17 bits per heavy atom. The fourth-order valence-corrected chi connectivity index (χ4v) is 2.78. The third kappa shape index (κ3) is 2.97. The molecule has 0 saturated heterocycles. The van der Waals surface area contributed by atoms with E-state index in [1.54, 1.807) is 6.26 Å². The van der Waals surface area contributed by atoms with E-state index >= 15 is 0 Å². The van der Waals surface area contributed by atoms with Crippen molar-refractivity contribution >= 4 is 27.5 Å². The van der Waals surface area contributed by atoms with E-state index < -0.39 is 0 Å². The van der Waals surface area contributed by atoms with Crippen LogP contribution >= 0.6 is 27.5 Å². The summed E-state index contributed by atoms with van der Waals surface area (Å²) in [4.78, 5) is 0. The van der Waals surface area contributed by atoms with E-state index in [-0.39, 0.29) is 6.04 Å². The Morgan fingerprint density at radius 1 is 1.39 bits per heavy atom. The average Bonchev–Trinajstić information content (AvgIpc) is 2.75. The van der Waals surface area contributed by atoms with Crippen LogP contribution in [0.3, 0.4) is 0 Å². The van der Waals surface area contributed by atoms with Crippen molar-refractivity contribution in [2.75, 3.05) is 7.05 Å². The zero-order chi connectivity index (χ0) is 13.1. The number of hydrogen-bond acceptors (Lipinski definition) is 2. The van der Waals surface area contributed by atoms with Crippen LogP contribution in [0.4, 0.5) is 0 Å². The first-order valence-corrected chi connectivity index (χ1v) is 6.94. The van der Waals surface area contributed by atoms with Crippen molar-refractivity contribution in [3.63, 3.8) is 0 Å². The molecule has 4 heteroatoms. The van der Waals surface area contributed by atoms with Gasteiger partial charge in [0, 0.05) is 21.1 Å². The Bertz CT molecular complexity index is 538. The van der Waals surface area contributed by atoms with E-state index in [2.05, 4.69) is 21.2 Å². The van der Waals surface area contributed by atoms with Crippen molar-refractivity contribution in [2.45, 2.75) is 19.4 Å². The maximum atomic E-state index is 6.25. The summed E-state index contributed by atoms with van der Waals surface area (Å²) < 4.78 is 6.35. The predicted molar refractivity (Wildman–Crippen MR) is 78.1 cm³/mol. The highest BCUT2D eigenvalue weighted by molar-refractivity contribution is 9.10. The van der Waals surface area contributed by atoms with Gasteiger partial charge in [-0.25, -0.2) is 0 Å². The second kappa shape index (κ2) is 5.91. The highest BCUT2D eigenvalue weighted by Crippen LogP contribution is 2.27. The molecule has 2 rings (SSSR count). The van der Waals surface area contributed by atoms with Crippen molar-refractivity contribution in [2.24, 2.45) is 0 Å². The number of aryl methyl sites for hydroxylation is 1. The van der Waals surface area contributed by atoms with Gasteiger partial charge in [0.2, 0.25) is 0 Å². The Hall–Kier alpha value is -0.770. The predicted octanol–water partition coefficient (Wildman–Crippen LogP) is 4.51. The Labute approximate surface area is 120 Å². The van der Waals surface area contributed by atoms with Crippen LogP contribution in [0.1, 0.15) is 22.9 Å². The summed E-state index contributed by atoms with van der Waals surface area (Å²) in [6, 6.07) is 8.19. The molecule has 0 aliphatic heterocycles. The molecule has 0 saturated carbocycles. The summed E-state index contributed by atoms with van der Waals surface area (Å²) >= 11 is 9.67. The second-order valence-electron chi connectivity index (χ2n) is 4.21. The van der Waals surface area contributed by atoms with Gasteiger partial charge in [0.25, 0.3) is 0 Å². The van der Waals surface area contributed by atoms with Crippen LogP contribution in [-0.2, 0) is 6.42 Å². The van der Waals surface area contributed by atoms with Crippen LogP contribution in [0, 0.1) is 6.92 Å². The monoisotopic (exact) mass is 327 g/mol. The topological polar surface area (TPSA) is 25.2 Å². The van der Waals surface area contributed by atoms with E-state index in [1.165, 1.54) is 5.56 Å². The molecule has 0 bridgehead atoms. The maximum absolute atomic E-state index is 6.25. The van der Waals surface area contributed by atoms with Gasteiger partial charge < -0.3 is 9.73 Å². The lowest BCUT2D eigenvalue weighted by atomic mass is 9.99. The molecule has 1 atom stereocenters. The first-order chi connectivity index (χ1) is 8.61. The zero-order valence-corrected chi connectivity index (χ0v) is 12.7. The second-order valence-corrected chi connectivity index (χ2v) is 5.54. The van der Waals surface area contributed by atoms with E-state index in [4.69, 9.17) is 16.0 Å². The third-order valence-electron chi connectivity index (χ3n) is 3.06. The van der Waals surface area contributed by atoms with Gasteiger partial charge in [-0.1, -0.05) is 33.6 Å². The quantitative estimate of drug-likeness (QED) is 0.893. The fourth-order valence-electron chi connectivity index (χ4n) is 2.03. The van der Waals surface area contributed by atoms with Gasteiger partial charge >= 0.3 is 0 Å². The Balaban J connectivity index is 2.23. The summed E-state index contributed by atoms with van der Waals surface area (Å²) in [6.07, 6.45) is 2.56. The minimum atomic E-state index is 0.211. The van der Waals surface area contributed by atoms with Gasteiger partial charge in [-0.3, -0.25) is 0 Å². The van der Waals surface area contributed by atoms with E-state index in [1.807, 2.05) is 38.2 Å². The number of furan rings is 1. The third-order valence-corrected chi connectivity index (χ3v) is 3.91. The summed E-state index contributed by atoms with van der Waals surface area (Å²) in [6.45, 7) is 1.98. The molecule has 1 unspecified atom stereocenters. The first kappa shape index (κ1) is 13.7. The van der Waals surface area contributed by atoms with Gasteiger partial charge in [0.15, 0.2) is 0 Å². The van der Waals surface area contributed by atoms with Crippen molar-refractivity contribution in [3.8, 4) is 0 Å². The van der Waals surface area contributed by atoms with Crippen LogP contribution in [0.2, 0.25) is 5.02 Å². The van der Waals surface area contributed by atoms with Crippen LogP contribution in [0.25, 0.3) is 0 Å². The van der Waals surface area contributed by atoms with Crippen LogP contribution in [0.15, 0.2) is 39.4 Å². The molecule has 0 amide bonds. The molecule has 1 aromatic heterocycles. The lowest BCUT2D eigenvalue weighted by molar-refractivity contribution is 0.512. The lowest BCUT2D eigenvalue weighted by Crippen LogP contribution is -2.19. The smallest absolute Gasteiger partial charge is 0.105 e. The van der Waals surface area contributed by atoms with Crippen molar-refractivity contribution in [3.05, 3.63) is 56.9 Å². The SMILES string of the molecule is CNC(Cc1ccc(Br)cc1Cl)c1ccoc1C. The van der Waals surface area contributed by atoms with E-state index in [0.29, 0.717) is 0 Å². The number of nitrogens with one attached hydrogen (secondary N) is 1. The molecule has 18 heavy (non-hydrogen) atoms. The maximum Gasteiger partial charge on any atom is 0.105 e. The van der Waals surface area contributed by atoms with Gasteiger partial charge in [-0.05, 0) is 44.2 Å². The molecule has 0 aliphatic rings. The van der Waals surface area contributed by atoms with Gasteiger partial charge in [-0.15, -0.1) is 0 Å². The molecule has 2 aromatic rings. The number of benzene rings is 1. The number of halogens is 2. The summed E-state index contributed by atoms with van der Waals surface area (Å²) in [5, 5.41) is 4.09. The number of rotatable bonds is 4. The molecule has 1 aromatic carbocycles. The van der Waals surface area contributed by atoms with E-state index in [9.17, 15) is 0 Å². The van der Waals surface area contributed by atoms with Crippen LogP contribution < -0.4 is 5.32 Å². The van der Waals surface area contributed by atoms with Crippen molar-refractivity contribution < 1.29 is 4.42 Å². The van der Waals surface area contributed by atoms with Crippen LogP contribution in [0.5, 0.6) is 0 Å². The summed E-state index contributed by atoms with van der Waals surface area (Å²) in [5.74, 6) is 0.947. The molecule has 96 valence electrons. The minimum Gasteiger partial charge on any atom is -0.469 e. The molecular formula is C14H15BrClNO. The standard InChI is InChI=1S/C14H15BrClNO/c1-9-12(5-6-18-9)14(17-2)7-10-3-4-11(15)8-13(10)16/h3-6,8,14,17H,7H2,1-2H3. The van der Waals surface area contributed by atoms with Crippen molar-refractivity contribution in [1.82, 2.24) is 5.32 Å². The highest BCUT2D eigenvalue weighted by Gasteiger charge is 2.16. The van der Waals surface area contributed by atoms with Crippen molar-refractivity contribution in [1.29, 1.82) is 0 Å². The largest absolute Gasteiger partial charge is 0.469 e. The van der Waals surface area contributed by atoms with Crippen LogP contribution in [-0.4, -0.2) is 7.05 Å². The fraction of sp³-hybridized carbons (Fsp3) is 0.286. The highest BCUT2D eigenvalue weighted by atomic mass is 79.9. The Morgan fingerprint density at radius 3 is 2.72 bits per heavy atom. The molecule has 1 heterocycles. The number of likely N-dealkylation sites (N-methyl/N-ethyl adjacent to an activating group) is 1. The number of hydrogen-bond donors (Lipinski definition) is 1. The molecular weight excluding hydrogens is 314 g/mol. The molecule has 1 N–H and O–H groups in total. The van der Waals surface area contributed by atoms with Gasteiger partial charge in [0.1, 0.15) is 5.76 Å².